The molecular weight excluding hydrogens is 258 g/mol. The van der Waals surface area contributed by atoms with Crippen molar-refractivity contribution in [2.24, 2.45) is 5.73 Å². The molecule has 19 heavy (non-hydrogen) atoms. The van der Waals surface area contributed by atoms with Crippen LogP contribution in [-0.2, 0) is 11.8 Å². The van der Waals surface area contributed by atoms with Gasteiger partial charge in [0.2, 0.25) is 0 Å². The predicted octanol–water partition coefficient (Wildman–Crippen LogP) is 3.82. The largest absolute Gasteiger partial charge is 0.330 e. The van der Waals surface area contributed by atoms with Gasteiger partial charge in [0, 0.05) is 11.1 Å². The third-order valence-electron chi connectivity index (χ3n) is 2.99. The molecule has 0 amide bonds. The molecule has 1 rings (SSSR count). The molecule has 5 heteroatoms. The van der Waals surface area contributed by atoms with E-state index >= 15 is 0 Å². The van der Waals surface area contributed by atoms with Crippen molar-refractivity contribution in [3.63, 3.8) is 0 Å². The first-order valence-corrected chi connectivity index (χ1v) is 6.27. The molecule has 0 spiro atoms. The predicted molar refractivity (Wildman–Crippen MR) is 67.0 cm³/mol. The lowest BCUT2D eigenvalue weighted by molar-refractivity contribution is 0.390. The van der Waals surface area contributed by atoms with Crippen LogP contribution in [-0.4, -0.2) is 6.54 Å². The Morgan fingerprint density at radius 3 is 1.89 bits per heavy atom. The van der Waals surface area contributed by atoms with E-state index in [1.807, 2.05) is 0 Å². The molecule has 0 fully saturated rings. The Morgan fingerprint density at radius 2 is 1.42 bits per heavy atom. The van der Waals surface area contributed by atoms with Crippen molar-refractivity contribution in [1.82, 2.24) is 0 Å². The maximum Gasteiger partial charge on any atom is 0.195 e. The summed E-state index contributed by atoms with van der Waals surface area (Å²) in [4.78, 5) is 0. The van der Waals surface area contributed by atoms with Crippen molar-refractivity contribution >= 4 is 0 Å². The first-order chi connectivity index (χ1) is 8.71. The summed E-state index contributed by atoms with van der Waals surface area (Å²) in [5.74, 6) is -5.46. The van der Waals surface area contributed by atoms with E-state index in [2.05, 4.69) is 0 Å². The minimum absolute atomic E-state index is 0.00907. The molecule has 0 radical (unpaired) electrons. The van der Waals surface area contributed by atoms with Gasteiger partial charge in [0.25, 0.3) is 0 Å². The summed E-state index contributed by atoms with van der Waals surface area (Å²) in [6.07, 6.45) is 1.01. The SMILES string of the molecule is CC(C)(C)c1c(F)c(F)c(F)c(CCCCN)c1F. The van der Waals surface area contributed by atoms with Crippen LogP contribution in [0.15, 0.2) is 0 Å². The van der Waals surface area contributed by atoms with Gasteiger partial charge in [-0.1, -0.05) is 20.8 Å². The van der Waals surface area contributed by atoms with Crippen LogP contribution in [0.5, 0.6) is 0 Å². The highest BCUT2D eigenvalue weighted by molar-refractivity contribution is 5.34. The van der Waals surface area contributed by atoms with E-state index in [-0.39, 0.29) is 6.42 Å². The Bertz CT molecular complexity index is 464. The quantitative estimate of drug-likeness (QED) is 0.385. The van der Waals surface area contributed by atoms with Crippen molar-refractivity contribution in [2.45, 2.75) is 45.4 Å². The lowest BCUT2D eigenvalue weighted by atomic mass is 9.84. The van der Waals surface area contributed by atoms with E-state index in [4.69, 9.17) is 5.73 Å². The fraction of sp³-hybridized carbons (Fsp3) is 0.571. The first-order valence-electron chi connectivity index (χ1n) is 6.27. The zero-order valence-electron chi connectivity index (χ0n) is 11.4. The summed E-state index contributed by atoms with van der Waals surface area (Å²) >= 11 is 0. The molecule has 0 saturated carbocycles. The average molecular weight is 277 g/mol. The van der Waals surface area contributed by atoms with Gasteiger partial charge >= 0.3 is 0 Å². The Kier molecular flexibility index (Phi) is 4.96. The highest BCUT2D eigenvalue weighted by atomic mass is 19.2. The smallest absolute Gasteiger partial charge is 0.195 e. The van der Waals surface area contributed by atoms with Crippen LogP contribution in [0.3, 0.4) is 0 Å². The molecule has 0 aliphatic rings. The van der Waals surface area contributed by atoms with Gasteiger partial charge in [-0.25, -0.2) is 17.6 Å². The Balaban J connectivity index is 3.35. The van der Waals surface area contributed by atoms with E-state index in [0.29, 0.717) is 19.4 Å². The molecule has 0 atom stereocenters. The summed E-state index contributed by atoms with van der Waals surface area (Å²) in [6, 6.07) is 0. The summed E-state index contributed by atoms with van der Waals surface area (Å²) in [5, 5.41) is 0. The zero-order valence-corrected chi connectivity index (χ0v) is 11.4. The first kappa shape index (κ1) is 16.0. The van der Waals surface area contributed by atoms with Crippen molar-refractivity contribution in [1.29, 1.82) is 0 Å². The van der Waals surface area contributed by atoms with Gasteiger partial charge in [-0.2, -0.15) is 0 Å². The lowest BCUT2D eigenvalue weighted by Crippen LogP contribution is -2.20. The highest BCUT2D eigenvalue weighted by Gasteiger charge is 2.31. The fourth-order valence-electron chi connectivity index (χ4n) is 2.01. The molecule has 0 unspecified atom stereocenters. The van der Waals surface area contributed by atoms with E-state index < -0.39 is 39.8 Å². The van der Waals surface area contributed by atoms with Gasteiger partial charge in [-0.15, -0.1) is 0 Å². The maximum atomic E-state index is 14.2. The van der Waals surface area contributed by atoms with Gasteiger partial charge in [-0.05, 0) is 31.2 Å². The molecule has 0 aromatic heterocycles. The van der Waals surface area contributed by atoms with E-state index in [0.717, 1.165) is 0 Å². The van der Waals surface area contributed by atoms with Crippen molar-refractivity contribution in [3.8, 4) is 0 Å². The topological polar surface area (TPSA) is 26.0 Å². The van der Waals surface area contributed by atoms with Crippen LogP contribution in [0.25, 0.3) is 0 Å². The molecule has 108 valence electrons. The Hall–Kier alpha value is -1.10. The monoisotopic (exact) mass is 277 g/mol. The molecule has 1 aromatic rings. The zero-order chi connectivity index (χ0) is 14.8. The summed E-state index contributed by atoms with van der Waals surface area (Å²) < 4.78 is 55.1. The number of hydrogen-bond donors (Lipinski definition) is 1. The Labute approximate surface area is 110 Å². The second-order valence-electron chi connectivity index (χ2n) is 5.61. The number of benzene rings is 1. The van der Waals surface area contributed by atoms with Crippen molar-refractivity contribution < 1.29 is 17.6 Å². The van der Waals surface area contributed by atoms with Gasteiger partial charge in [-0.3, -0.25) is 0 Å². The minimum atomic E-state index is -1.60. The number of nitrogens with two attached hydrogens (primary N) is 1. The molecule has 0 bridgehead atoms. The average Bonchev–Trinajstić information content (AvgIpc) is 2.29. The van der Waals surface area contributed by atoms with E-state index in [1.165, 1.54) is 0 Å². The van der Waals surface area contributed by atoms with Crippen molar-refractivity contribution in [3.05, 3.63) is 34.4 Å². The number of hydrogen-bond acceptors (Lipinski definition) is 1. The summed E-state index contributed by atoms with van der Waals surface area (Å²) in [5.41, 5.74) is 3.56. The lowest BCUT2D eigenvalue weighted by Gasteiger charge is -2.23. The van der Waals surface area contributed by atoms with Gasteiger partial charge < -0.3 is 5.73 Å². The molecule has 1 nitrogen and oxygen atoms in total. The number of halogens is 4. The third-order valence-corrected chi connectivity index (χ3v) is 2.99. The van der Waals surface area contributed by atoms with Crippen LogP contribution in [0.1, 0.15) is 44.7 Å². The molecule has 1 aromatic carbocycles. The molecular formula is C14H19F4N. The molecule has 0 aliphatic heterocycles. The molecule has 0 aliphatic carbocycles. The molecule has 0 saturated heterocycles. The third kappa shape index (κ3) is 3.26. The van der Waals surface area contributed by atoms with Crippen molar-refractivity contribution in [2.75, 3.05) is 6.54 Å². The molecule has 0 heterocycles. The van der Waals surface area contributed by atoms with E-state index in [1.54, 1.807) is 20.8 Å². The summed E-state index contributed by atoms with van der Waals surface area (Å²) in [6.45, 7) is 5.04. The van der Waals surface area contributed by atoms with Gasteiger partial charge in [0.05, 0.1) is 0 Å². The Morgan fingerprint density at radius 1 is 0.842 bits per heavy atom. The summed E-state index contributed by atoms with van der Waals surface area (Å²) in [7, 11) is 0. The highest BCUT2D eigenvalue weighted by Crippen LogP contribution is 2.33. The number of rotatable bonds is 4. The molecule has 2 N–H and O–H groups in total. The van der Waals surface area contributed by atoms with Crippen LogP contribution in [0.4, 0.5) is 17.6 Å². The van der Waals surface area contributed by atoms with Gasteiger partial charge in [0.1, 0.15) is 5.82 Å². The second-order valence-corrected chi connectivity index (χ2v) is 5.61. The van der Waals surface area contributed by atoms with Crippen LogP contribution >= 0.6 is 0 Å². The van der Waals surface area contributed by atoms with Gasteiger partial charge in [0.15, 0.2) is 17.5 Å². The maximum absolute atomic E-state index is 14.2. The number of unbranched alkanes of at least 4 members (excludes halogenated alkanes) is 1. The fourth-order valence-corrected chi connectivity index (χ4v) is 2.01. The standard InChI is InChI=1S/C14H19F4N/c1-14(2,3)9-10(15)8(6-4-5-7-19)11(16)13(18)12(9)17/h4-7,19H2,1-3H3. The van der Waals surface area contributed by atoms with Crippen LogP contribution < -0.4 is 5.73 Å². The minimum Gasteiger partial charge on any atom is -0.330 e. The van der Waals surface area contributed by atoms with Crippen LogP contribution in [0, 0.1) is 23.3 Å². The second kappa shape index (κ2) is 5.90. The van der Waals surface area contributed by atoms with Crippen LogP contribution in [0.2, 0.25) is 0 Å². The normalized spacial score (nSPS) is 12.0. The van der Waals surface area contributed by atoms with E-state index in [9.17, 15) is 17.6 Å².